The Balaban J connectivity index is 1.72. The summed E-state index contributed by atoms with van der Waals surface area (Å²) in [5.41, 5.74) is 2.49. The first-order valence-electron chi connectivity index (χ1n) is 8.94. The molecule has 2 aromatic carbocycles. The van der Waals surface area contributed by atoms with E-state index in [2.05, 4.69) is 12.2 Å². The van der Waals surface area contributed by atoms with Gasteiger partial charge < -0.3 is 15.0 Å². The van der Waals surface area contributed by atoms with E-state index >= 15 is 0 Å². The van der Waals surface area contributed by atoms with Gasteiger partial charge in [-0.1, -0.05) is 37.3 Å². The molecular formula is C21H24N2O3. The van der Waals surface area contributed by atoms with Crippen LogP contribution in [-0.4, -0.2) is 30.9 Å². The molecule has 0 fully saturated rings. The second kappa shape index (κ2) is 8.04. The highest BCUT2D eigenvalue weighted by atomic mass is 16.5. The molecule has 0 saturated heterocycles. The molecule has 0 bridgehead atoms. The van der Waals surface area contributed by atoms with Crippen LogP contribution in [0.4, 0.5) is 5.69 Å². The number of benzene rings is 2. The summed E-state index contributed by atoms with van der Waals surface area (Å²) in [6, 6.07) is 15.2. The summed E-state index contributed by atoms with van der Waals surface area (Å²) in [6.45, 7) is 4.97. The Hall–Kier alpha value is -2.82. The third-order valence-electron chi connectivity index (χ3n) is 4.55. The second-order valence-electron chi connectivity index (χ2n) is 6.53. The van der Waals surface area contributed by atoms with Gasteiger partial charge in [0.25, 0.3) is 0 Å². The molecule has 1 heterocycles. The Morgan fingerprint density at radius 2 is 1.96 bits per heavy atom. The zero-order valence-electron chi connectivity index (χ0n) is 15.2. The van der Waals surface area contributed by atoms with Crippen LogP contribution >= 0.6 is 0 Å². The van der Waals surface area contributed by atoms with Gasteiger partial charge in [0.1, 0.15) is 11.9 Å². The van der Waals surface area contributed by atoms with Crippen molar-refractivity contribution >= 4 is 17.4 Å². The van der Waals surface area contributed by atoms with E-state index in [1.165, 1.54) is 6.92 Å². The summed E-state index contributed by atoms with van der Waals surface area (Å²) in [5.74, 6) is 0.674. The molecule has 1 N–H and O–H groups in total. The normalized spacial score (nSPS) is 15.8. The number of fused-ring (bicyclic) bond motifs is 1. The van der Waals surface area contributed by atoms with Crippen LogP contribution in [0.1, 0.15) is 36.2 Å². The summed E-state index contributed by atoms with van der Waals surface area (Å²) in [4.78, 5) is 26.1. The number of carbonyl (C=O) groups excluding carboxylic acids is 2. The first-order chi connectivity index (χ1) is 12.6. The number of carbonyl (C=O) groups is 2. The average molecular weight is 352 g/mol. The molecule has 26 heavy (non-hydrogen) atoms. The molecule has 1 aliphatic rings. The number of nitrogens with one attached hydrogen (secondary N) is 1. The SMILES string of the molecule is CCC1CN(CC(=O)NCc2ccccc2)c2cc(C(C)=O)ccc2O1. The molecule has 1 aliphatic heterocycles. The number of Topliss-reactive ketones (excluding diaryl/α,β-unsaturated/α-hetero) is 1. The van der Waals surface area contributed by atoms with E-state index in [9.17, 15) is 9.59 Å². The van der Waals surface area contributed by atoms with E-state index < -0.39 is 0 Å². The molecule has 136 valence electrons. The molecule has 1 atom stereocenters. The molecule has 0 radical (unpaired) electrons. The Kier molecular flexibility index (Phi) is 5.56. The van der Waals surface area contributed by atoms with Gasteiger partial charge in [0, 0.05) is 12.1 Å². The topological polar surface area (TPSA) is 58.6 Å². The first kappa shape index (κ1) is 18.0. The molecule has 0 saturated carbocycles. The minimum atomic E-state index is -0.0511. The van der Waals surface area contributed by atoms with E-state index in [1.807, 2.05) is 47.4 Å². The predicted octanol–water partition coefficient (Wildman–Crippen LogP) is 3.18. The smallest absolute Gasteiger partial charge is 0.239 e. The van der Waals surface area contributed by atoms with Gasteiger partial charge in [0.2, 0.25) is 5.91 Å². The minimum Gasteiger partial charge on any atom is -0.486 e. The van der Waals surface area contributed by atoms with Gasteiger partial charge in [0.15, 0.2) is 5.78 Å². The quantitative estimate of drug-likeness (QED) is 0.811. The third kappa shape index (κ3) is 4.23. The van der Waals surface area contributed by atoms with Crippen molar-refractivity contribution in [3.8, 4) is 5.75 Å². The van der Waals surface area contributed by atoms with Crippen molar-refractivity contribution in [2.75, 3.05) is 18.0 Å². The molecule has 5 nitrogen and oxygen atoms in total. The largest absolute Gasteiger partial charge is 0.486 e. The van der Waals surface area contributed by atoms with Gasteiger partial charge in [0.05, 0.1) is 18.8 Å². The van der Waals surface area contributed by atoms with Crippen LogP contribution in [0, 0.1) is 0 Å². The van der Waals surface area contributed by atoms with Gasteiger partial charge in [-0.3, -0.25) is 9.59 Å². The van der Waals surface area contributed by atoms with Gasteiger partial charge in [-0.25, -0.2) is 0 Å². The standard InChI is InChI=1S/C21H24N2O3/c1-3-18-13-23(14-21(25)22-12-16-7-5-4-6-8-16)19-11-17(15(2)24)9-10-20(19)26-18/h4-11,18H,3,12-14H2,1-2H3,(H,22,25). The van der Waals surface area contributed by atoms with E-state index in [1.54, 1.807) is 6.07 Å². The monoisotopic (exact) mass is 352 g/mol. The van der Waals surface area contributed by atoms with Gasteiger partial charge in [-0.2, -0.15) is 0 Å². The Labute approximate surface area is 154 Å². The number of hydrogen-bond donors (Lipinski definition) is 1. The van der Waals surface area contributed by atoms with Crippen molar-refractivity contribution in [3.63, 3.8) is 0 Å². The lowest BCUT2D eigenvalue weighted by molar-refractivity contribution is -0.120. The fourth-order valence-corrected chi connectivity index (χ4v) is 3.03. The maximum Gasteiger partial charge on any atom is 0.239 e. The van der Waals surface area contributed by atoms with E-state index in [0.717, 1.165) is 23.4 Å². The Morgan fingerprint density at radius 3 is 2.65 bits per heavy atom. The van der Waals surface area contributed by atoms with Crippen molar-refractivity contribution < 1.29 is 14.3 Å². The molecule has 5 heteroatoms. The number of ketones is 1. The highest BCUT2D eigenvalue weighted by Gasteiger charge is 2.26. The highest BCUT2D eigenvalue weighted by molar-refractivity contribution is 5.96. The maximum atomic E-state index is 12.4. The van der Waals surface area contributed by atoms with Gasteiger partial charge in [-0.15, -0.1) is 0 Å². The lowest BCUT2D eigenvalue weighted by Gasteiger charge is -2.35. The molecule has 1 unspecified atom stereocenters. The Morgan fingerprint density at radius 1 is 1.19 bits per heavy atom. The lowest BCUT2D eigenvalue weighted by atomic mass is 10.1. The zero-order valence-corrected chi connectivity index (χ0v) is 15.2. The van der Waals surface area contributed by atoms with E-state index in [4.69, 9.17) is 4.74 Å². The summed E-state index contributed by atoms with van der Waals surface area (Å²) < 4.78 is 5.97. The number of amides is 1. The van der Waals surface area contributed by atoms with E-state index in [0.29, 0.717) is 18.7 Å². The number of ether oxygens (including phenoxy) is 1. The van der Waals surface area contributed by atoms with Gasteiger partial charge in [-0.05, 0) is 37.1 Å². The molecular weight excluding hydrogens is 328 g/mol. The molecule has 0 aromatic heterocycles. The number of nitrogens with zero attached hydrogens (tertiary/aromatic N) is 1. The summed E-state index contributed by atoms with van der Waals surface area (Å²) in [5, 5.41) is 2.96. The maximum absolute atomic E-state index is 12.4. The predicted molar refractivity (Wildman–Crippen MR) is 102 cm³/mol. The van der Waals surface area contributed by atoms with Gasteiger partial charge >= 0.3 is 0 Å². The average Bonchev–Trinajstić information content (AvgIpc) is 2.66. The molecule has 0 aliphatic carbocycles. The summed E-state index contributed by atoms with van der Waals surface area (Å²) in [7, 11) is 0. The molecule has 3 rings (SSSR count). The molecule has 0 spiro atoms. The number of anilines is 1. The van der Waals surface area contributed by atoms with Crippen LogP contribution in [0.2, 0.25) is 0 Å². The van der Waals surface area contributed by atoms with Crippen LogP contribution in [0.25, 0.3) is 0 Å². The Bertz CT molecular complexity index is 789. The van der Waals surface area contributed by atoms with Crippen molar-refractivity contribution in [3.05, 3.63) is 59.7 Å². The lowest BCUT2D eigenvalue weighted by Crippen LogP contribution is -2.45. The van der Waals surface area contributed by atoms with Crippen molar-refractivity contribution in [2.24, 2.45) is 0 Å². The van der Waals surface area contributed by atoms with Crippen LogP contribution in [0.5, 0.6) is 5.75 Å². The van der Waals surface area contributed by atoms with Crippen molar-refractivity contribution in [2.45, 2.75) is 32.9 Å². The number of rotatable bonds is 6. The highest BCUT2D eigenvalue weighted by Crippen LogP contribution is 2.35. The van der Waals surface area contributed by atoms with Crippen LogP contribution in [0.3, 0.4) is 0 Å². The third-order valence-corrected chi connectivity index (χ3v) is 4.55. The minimum absolute atomic E-state index is 0.00102. The fraction of sp³-hybridized carbons (Fsp3) is 0.333. The van der Waals surface area contributed by atoms with E-state index in [-0.39, 0.29) is 24.3 Å². The number of hydrogen-bond acceptors (Lipinski definition) is 4. The molecule has 2 aromatic rings. The first-order valence-corrected chi connectivity index (χ1v) is 8.94. The van der Waals surface area contributed by atoms with Crippen molar-refractivity contribution in [1.29, 1.82) is 0 Å². The summed E-state index contributed by atoms with van der Waals surface area (Å²) in [6.07, 6.45) is 0.892. The summed E-state index contributed by atoms with van der Waals surface area (Å²) >= 11 is 0. The van der Waals surface area contributed by atoms with Crippen LogP contribution < -0.4 is 15.0 Å². The zero-order chi connectivity index (χ0) is 18.5. The second-order valence-corrected chi connectivity index (χ2v) is 6.53. The molecule has 1 amide bonds. The van der Waals surface area contributed by atoms with Crippen molar-refractivity contribution in [1.82, 2.24) is 5.32 Å². The van der Waals surface area contributed by atoms with Crippen LogP contribution in [0.15, 0.2) is 48.5 Å². The van der Waals surface area contributed by atoms with Crippen LogP contribution in [-0.2, 0) is 11.3 Å². The fourth-order valence-electron chi connectivity index (χ4n) is 3.03.